The molecule has 1 unspecified atom stereocenters. The number of hydrogen-bond acceptors (Lipinski definition) is 6. The number of cyclic esters (lactones) is 1. The molecule has 1 N–H and O–H groups in total. The van der Waals surface area contributed by atoms with Gasteiger partial charge >= 0.3 is 6.09 Å². The largest absolute Gasteiger partial charge is 0.478 e. The van der Waals surface area contributed by atoms with E-state index in [2.05, 4.69) is 10.3 Å². The summed E-state index contributed by atoms with van der Waals surface area (Å²) in [7, 11) is 0. The van der Waals surface area contributed by atoms with Crippen molar-refractivity contribution in [2.75, 3.05) is 19.8 Å². The lowest BCUT2D eigenvalue weighted by atomic mass is 10.1. The Kier molecular flexibility index (Phi) is 5.65. The van der Waals surface area contributed by atoms with Gasteiger partial charge in [-0.05, 0) is 18.6 Å². The molecule has 0 aliphatic carbocycles. The molecule has 1 aromatic carbocycles. The van der Waals surface area contributed by atoms with E-state index in [0.717, 1.165) is 10.5 Å². The van der Waals surface area contributed by atoms with Crippen LogP contribution in [-0.4, -0.2) is 47.6 Å². The normalized spacial score (nSPS) is 14.6. The topological polar surface area (TPSA) is 97.8 Å². The van der Waals surface area contributed by atoms with E-state index in [9.17, 15) is 14.4 Å². The molecule has 27 heavy (non-hydrogen) atoms. The molecule has 8 heteroatoms. The van der Waals surface area contributed by atoms with Crippen LogP contribution in [0.2, 0.25) is 0 Å². The van der Waals surface area contributed by atoms with Gasteiger partial charge in [-0.25, -0.2) is 14.7 Å². The van der Waals surface area contributed by atoms with Crippen molar-refractivity contribution in [1.82, 2.24) is 15.2 Å². The molecule has 0 bridgehead atoms. The van der Waals surface area contributed by atoms with Crippen LogP contribution in [-0.2, 0) is 9.53 Å². The van der Waals surface area contributed by atoms with Crippen LogP contribution in [0.3, 0.4) is 0 Å². The van der Waals surface area contributed by atoms with E-state index in [0.29, 0.717) is 18.1 Å². The minimum atomic E-state index is -0.710. The van der Waals surface area contributed by atoms with Crippen LogP contribution in [0, 0.1) is 0 Å². The van der Waals surface area contributed by atoms with Gasteiger partial charge in [0.2, 0.25) is 5.88 Å². The Labute approximate surface area is 156 Å². The van der Waals surface area contributed by atoms with Gasteiger partial charge in [0.05, 0.1) is 24.8 Å². The van der Waals surface area contributed by atoms with Crippen molar-refractivity contribution in [3.8, 4) is 5.88 Å². The van der Waals surface area contributed by atoms with Gasteiger partial charge in [-0.1, -0.05) is 30.3 Å². The van der Waals surface area contributed by atoms with Crippen molar-refractivity contribution in [2.45, 2.75) is 13.0 Å². The molecule has 3 rings (SSSR count). The lowest BCUT2D eigenvalue weighted by Crippen LogP contribution is -2.40. The number of imide groups is 1. The number of nitrogens with one attached hydrogen (secondary N) is 1. The zero-order valence-electron chi connectivity index (χ0n) is 14.8. The van der Waals surface area contributed by atoms with Crippen molar-refractivity contribution in [2.24, 2.45) is 0 Å². The van der Waals surface area contributed by atoms with Crippen molar-refractivity contribution < 1.29 is 23.9 Å². The Hall–Kier alpha value is -3.42. The number of benzene rings is 1. The highest BCUT2D eigenvalue weighted by atomic mass is 16.6. The average molecular weight is 369 g/mol. The SMILES string of the molecule is CCOc1ccc(C(=O)NC(CN2C(=O)COC2=O)c2ccccc2)cn1. The van der Waals surface area contributed by atoms with Gasteiger partial charge < -0.3 is 14.8 Å². The summed E-state index contributed by atoms with van der Waals surface area (Å²) in [5.41, 5.74) is 1.10. The number of hydrogen-bond donors (Lipinski definition) is 1. The summed E-state index contributed by atoms with van der Waals surface area (Å²) in [5, 5.41) is 2.85. The number of ether oxygens (including phenoxy) is 2. The van der Waals surface area contributed by atoms with Crippen LogP contribution in [0.25, 0.3) is 0 Å². The molecule has 0 saturated carbocycles. The van der Waals surface area contributed by atoms with Gasteiger partial charge in [-0.2, -0.15) is 0 Å². The van der Waals surface area contributed by atoms with Crippen LogP contribution in [0.15, 0.2) is 48.7 Å². The highest BCUT2D eigenvalue weighted by molar-refractivity contribution is 5.98. The molecule has 1 atom stereocenters. The van der Waals surface area contributed by atoms with Gasteiger partial charge in [0, 0.05) is 12.3 Å². The molecule has 1 fully saturated rings. The molecular weight excluding hydrogens is 350 g/mol. The Balaban J connectivity index is 1.77. The number of carbonyl (C=O) groups excluding carboxylic acids is 3. The van der Waals surface area contributed by atoms with E-state index in [1.807, 2.05) is 37.3 Å². The smallest absolute Gasteiger partial charge is 0.417 e. The molecule has 1 aliphatic rings. The molecule has 2 aromatic rings. The fraction of sp³-hybridized carbons (Fsp3) is 0.263. The Morgan fingerprint density at radius 3 is 2.63 bits per heavy atom. The van der Waals surface area contributed by atoms with Gasteiger partial charge in [-0.3, -0.25) is 9.59 Å². The molecule has 0 spiro atoms. The quantitative estimate of drug-likeness (QED) is 0.801. The van der Waals surface area contributed by atoms with Crippen LogP contribution in [0.1, 0.15) is 28.9 Å². The third kappa shape index (κ3) is 4.41. The summed E-state index contributed by atoms with van der Waals surface area (Å²) >= 11 is 0. The van der Waals surface area contributed by atoms with Crippen LogP contribution < -0.4 is 10.1 Å². The first-order chi connectivity index (χ1) is 13.1. The molecule has 1 saturated heterocycles. The fourth-order valence-corrected chi connectivity index (χ4v) is 2.65. The van der Waals surface area contributed by atoms with Crippen LogP contribution in [0.5, 0.6) is 5.88 Å². The van der Waals surface area contributed by atoms with Crippen LogP contribution in [0.4, 0.5) is 4.79 Å². The second-order valence-electron chi connectivity index (χ2n) is 5.81. The highest BCUT2D eigenvalue weighted by Crippen LogP contribution is 2.18. The third-order valence-corrected chi connectivity index (χ3v) is 4.00. The first-order valence-corrected chi connectivity index (χ1v) is 8.50. The van der Waals surface area contributed by atoms with Gasteiger partial charge in [0.25, 0.3) is 11.8 Å². The predicted molar refractivity (Wildman–Crippen MR) is 95.1 cm³/mol. The summed E-state index contributed by atoms with van der Waals surface area (Å²) in [5.74, 6) is -0.378. The maximum Gasteiger partial charge on any atom is 0.417 e. The number of amides is 3. The molecular formula is C19H19N3O5. The summed E-state index contributed by atoms with van der Waals surface area (Å²) < 4.78 is 10.0. The minimum absolute atomic E-state index is 0.0160. The number of nitrogens with zero attached hydrogens (tertiary/aromatic N) is 2. The molecule has 1 aromatic heterocycles. The van der Waals surface area contributed by atoms with Gasteiger partial charge in [0.15, 0.2) is 6.61 Å². The Bertz CT molecular complexity index is 807. The minimum Gasteiger partial charge on any atom is -0.478 e. The number of rotatable bonds is 7. The number of carbonyl (C=O) groups is 3. The average Bonchev–Trinajstić information content (AvgIpc) is 3.01. The van der Waals surface area contributed by atoms with E-state index in [1.54, 1.807) is 12.1 Å². The fourth-order valence-electron chi connectivity index (χ4n) is 2.65. The van der Waals surface area contributed by atoms with Crippen molar-refractivity contribution in [3.63, 3.8) is 0 Å². The van der Waals surface area contributed by atoms with Crippen molar-refractivity contribution in [1.29, 1.82) is 0 Å². The molecule has 3 amide bonds. The maximum atomic E-state index is 12.6. The van der Waals surface area contributed by atoms with Gasteiger partial charge in [-0.15, -0.1) is 0 Å². The first kappa shape index (κ1) is 18.4. The standard InChI is InChI=1S/C19H19N3O5/c1-2-26-16-9-8-14(10-20-16)18(24)21-15(13-6-4-3-5-7-13)11-22-17(23)12-27-19(22)25/h3-10,15H,2,11-12H2,1H3,(H,21,24). The molecule has 140 valence electrons. The van der Waals surface area contributed by atoms with E-state index in [1.165, 1.54) is 6.20 Å². The molecule has 2 heterocycles. The van der Waals surface area contributed by atoms with Crippen molar-refractivity contribution >= 4 is 17.9 Å². The van der Waals surface area contributed by atoms with Crippen molar-refractivity contribution in [3.05, 3.63) is 59.8 Å². The zero-order chi connectivity index (χ0) is 19.2. The Morgan fingerprint density at radius 1 is 1.26 bits per heavy atom. The zero-order valence-corrected chi connectivity index (χ0v) is 14.8. The summed E-state index contributed by atoms with van der Waals surface area (Å²) in [6.07, 6.45) is 0.704. The monoisotopic (exact) mass is 369 g/mol. The van der Waals surface area contributed by atoms with E-state index in [-0.39, 0.29) is 19.1 Å². The second kappa shape index (κ2) is 8.31. The highest BCUT2D eigenvalue weighted by Gasteiger charge is 2.33. The lowest BCUT2D eigenvalue weighted by Gasteiger charge is -2.22. The summed E-state index contributed by atoms with van der Waals surface area (Å²) in [4.78, 5) is 41.3. The Morgan fingerprint density at radius 2 is 2.04 bits per heavy atom. The van der Waals surface area contributed by atoms with E-state index in [4.69, 9.17) is 9.47 Å². The van der Waals surface area contributed by atoms with E-state index < -0.39 is 18.0 Å². The molecule has 8 nitrogen and oxygen atoms in total. The van der Waals surface area contributed by atoms with E-state index >= 15 is 0 Å². The summed E-state index contributed by atoms with van der Waals surface area (Å²) in [6, 6.07) is 11.7. The number of aromatic nitrogens is 1. The first-order valence-electron chi connectivity index (χ1n) is 8.50. The summed E-state index contributed by atoms with van der Waals surface area (Å²) in [6.45, 7) is 2.03. The second-order valence-corrected chi connectivity index (χ2v) is 5.81. The lowest BCUT2D eigenvalue weighted by molar-refractivity contribution is -0.126. The molecule has 1 aliphatic heterocycles. The predicted octanol–water partition coefficient (Wildman–Crippen LogP) is 1.93. The van der Waals surface area contributed by atoms with Gasteiger partial charge in [0.1, 0.15) is 0 Å². The number of pyridine rings is 1. The van der Waals surface area contributed by atoms with Crippen LogP contribution >= 0.6 is 0 Å². The third-order valence-electron chi connectivity index (χ3n) is 4.00. The molecule has 0 radical (unpaired) electrons. The maximum absolute atomic E-state index is 12.6.